The number of rotatable bonds is 13. The molecule has 0 aromatic heterocycles. The molecule has 1 aliphatic heterocycles. The van der Waals surface area contributed by atoms with Crippen molar-refractivity contribution < 1.29 is 14.3 Å². The van der Waals surface area contributed by atoms with Gasteiger partial charge in [-0.15, -0.1) is 0 Å². The molecular weight excluding hydrogens is 409 g/mol. The fourth-order valence-corrected chi connectivity index (χ4v) is 4.82. The molecule has 2 aromatic rings. The van der Waals surface area contributed by atoms with Crippen LogP contribution >= 0.6 is 0 Å². The third-order valence-corrected chi connectivity index (χ3v) is 6.73. The highest BCUT2D eigenvalue weighted by Crippen LogP contribution is 2.33. The first-order valence-electron chi connectivity index (χ1n) is 13.1. The first-order chi connectivity index (χ1) is 16.3. The average Bonchev–Trinajstić information content (AvgIpc) is 2.85. The van der Waals surface area contributed by atoms with Crippen LogP contribution in [0.15, 0.2) is 60.7 Å². The van der Waals surface area contributed by atoms with Gasteiger partial charge in [-0.3, -0.25) is 4.90 Å². The van der Waals surface area contributed by atoms with Crippen molar-refractivity contribution in [2.75, 3.05) is 19.8 Å². The monoisotopic (exact) mass is 451 g/mol. The second-order valence-corrected chi connectivity index (χ2v) is 9.25. The lowest BCUT2D eigenvalue weighted by Gasteiger charge is -2.40. The summed E-state index contributed by atoms with van der Waals surface area (Å²) in [7, 11) is -1.18. The Hall–Kier alpha value is -1.66. The van der Waals surface area contributed by atoms with Gasteiger partial charge in [-0.25, -0.2) is 0 Å². The van der Waals surface area contributed by atoms with Crippen molar-refractivity contribution in [3.05, 3.63) is 71.8 Å². The molecule has 0 aliphatic carbocycles. The normalized spacial score (nSPS) is 19.9. The molecule has 33 heavy (non-hydrogen) atoms. The molecule has 1 aliphatic rings. The number of hydrogen-bond donors (Lipinski definition) is 1. The van der Waals surface area contributed by atoms with Crippen molar-refractivity contribution in [1.82, 2.24) is 4.90 Å². The van der Waals surface area contributed by atoms with E-state index >= 15 is 0 Å². The van der Waals surface area contributed by atoms with Gasteiger partial charge in [-0.05, 0) is 24.1 Å². The summed E-state index contributed by atoms with van der Waals surface area (Å²) >= 11 is 0. The number of nitrogens with zero attached hydrogens (tertiary/aromatic N) is 1. The Morgan fingerprint density at radius 2 is 1.12 bits per heavy atom. The molecule has 0 radical (unpaired) electrons. The van der Waals surface area contributed by atoms with E-state index in [1.165, 1.54) is 68.9 Å². The maximum absolute atomic E-state index is 10.1. The molecule has 2 unspecified atom stereocenters. The summed E-state index contributed by atoms with van der Waals surface area (Å²) in [6.45, 7) is 4.08. The van der Waals surface area contributed by atoms with Crippen LogP contribution in [0.4, 0.5) is 0 Å². The van der Waals surface area contributed by atoms with Gasteiger partial charge < -0.3 is 14.3 Å². The van der Waals surface area contributed by atoms with Crippen LogP contribution in [0.25, 0.3) is 0 Å². The molecule has 4 nitrogen and oxygen atoms in total. The minimum Gasteiger partial charge on any atom is -0.402 e. The predicted molar refractivity (Wildman–Crippen MR) is 137 cm³/mol. The van der Waals surface area contributed by atoms with Gasteiger partial charge in [0.2, 0.25) is 0 Å². The molecule has 2 atom stereocenters. The SMILES string of the molecule is CCCCCCCCCCCCN1C(c2ccccc2)COB(O)OCC1c1ccccc1. The Bertz CT molecular complexity index is 694. The zero-order valence-electron chi connectivity index (χ0n) is 20.4. The molecule has 1 N–H and O–H groups in total. The van der Waals surface area contributed by atoms with Crippen molar-refractivity contribution >= 4 is 7.32 Å². The van der Waals surface area contributed by atoms with Crippen LogP contribution in [0.3, 0.4) is 0 Å². The van der Waals surface area contributed by atoms with E-state index in [4.69, 9.17) is 9.31 Å². The summed E-state index contributed by atoms with van der Waals surface area (Å²) < 4.78 is 11.3. The van der Waals surface area contributed by atoms with Crippen LogP contribution in [0, 0.1) is 0 Å². The van der Waals surface area contributed by atoms with E-state index in [2.05, 4.69) is 60.4 Å². The van der Waals surface area contributed by atoms with Crippen LogP contribution < -0.4 is 0 Å². The lowest BCUT2D eigenvalue weighted by atomic mass is 9.97. The highest BCUT2D eigenvalue weighted by atomic mass is 16.7. The number of unbranched alkanes of at least 4 members (excludes halogenated alkanes) is 9. The van der Waals surface area contributed by atoms with Crippen LogP contribution in [0.2, 0.25) is 0 Å². The van der Waals surface area contributed by atoms with Gasteiger partial charge >= 0.3 is 7.32 Å². The van der Waals surface area contributed by atoms with Crippen LogP contribution in [0.5, 0.6) is 0 Å². The first kappa shape index (κ1) is 26.0. The molecule has 5 heteroatoms. The minimum absolute atomic E-state index is 0.0773. The zero-order valence-corrected chi connectivity index (χ0v) is 20.4. The Morgan fingerprint density at radius 1 is 0.697 bits per heavy atom. The van der Waals surface area contributed by atoms with Crippen molar-refractivity contribution in [2.45, 2.75) is 83.2 Å². The highest BCUT2D eigenvalue weighted by Gasteiger charge is 2.34. The Kier molecular flexibility index (Phi) is 12.0. The number of hydrogen-bond acceptors (Lipinski definition) is 4. The quantitative estimate of drug-likeness (QED) is 0.271. The van der Waals surface area contributed by atoms with Crippen LogP contribution in [-0.2, 0) is 9.31 Å². The lowest BCUT2D eigenvalue weighted by molar-refractivity contribution is -0.000296. The van der Waals surface area contributed by atoms with E-state index < -0.39 is 7.32 Å². The number of benzene rings is 2. The topological polar surface area (TPSA) is 41.9 Å². The molecule has 3 rings (SSSR count). The second-order valence-electron chi connectivity index (χ2n) is 9.25. The smallest absolute Gasteiger partial charge is 0.402 e. The van der Waals surface area contributed by atoms with Crippen molar-refractivity contribution in [3.63, 3.8) is 0 Å². The lowest BCUT2D eigenvalue weighted by Crippen LogP contribution is -2.43. The molecule has 0 saturated carbocycles. The summed E-state index contributed by atoms with van der Waals surface area (Å²) in [6.07, 6.45) is 13.3. The minimum atomic E-state index is -1.18. The Balaban J connectivity index is 1.62. The summed E-state index contributed by atoms with van der Waals surface area (Å²) in [5.41, 5.74) is 2.44. The predicted octanol–water partition coefficient (Wildman–Crippen LogP) is 6.72. The molecular formula is C28H42BNO3. The van der Waals surface area contributed by atoms with Gasteiger partial charge in [0.05, 0.1) is 25.3 Å². The molecule has 1 fully saturated rings. The van der Waals surface area contributed by atoms with E-state index in [0.29, 0.717) is 13.2 Å². The van der Waals surface area contributed by atoms with Gasteiger partial charge in [-0.2, -0.15) is 0 Å². The average molecular weight is 451 g/mol. The van der Waals surface area contributed by atoms with E-state index in [1.54, 1.807) is 0 Å². The summed E-state index contributed by atoms with van der Waals surface area (Å²) in [6, 6.07) is 21.2. The van der Waals surface area contributed by atoms with Gasteiger partial charge in [-0.1, -0.05) is 125 Å². The second kappa shape index (κ2) is 15.3. The summed E-state index contributed by atoms with van der Waals surface area (Å²) in [4.78, 5) is 2.53. The summed E-state index contributed by atoms with van der Waals surface area (Å²) in [5.74, 6) is 0. The van der Waals surface area contributed by atoms with E-state index in [-0.39, 0.29) is 12.1 Å². The fourth-order valence-electron chi connectivity index (χ4n) is 4.82. The highest BCUT2D eigenvalue weighted by molar-refractivity contribution is 6.34. The molecule has 1 heterocycles. The molecule has 180 valence electrons. The molecule has 0 amide bonds. The maximum atomic E-state index is 10.1. The largest absolute Gasteiger partial charge is 0.636 e. The van der Waals surface area contributed by atoms with Crippen LogP contribution in [-0.4, -0.2) is 37.0 Å². The molecule has 0 spiro atoms. The van der Waals surface area contributed by atoms with Gasteiger partial charge in [0.25, 0.3) is 0 Å². The Morgan fingerprint density at radius 3 is 1.58 bits per heavy atom. The van der Waals surface area contributed by atoms with E-state index in [0.717, 1.165) is 13.0 Å². The third-order valence-electron chi connectivity index (χ3n) is 6.73. The van der Waals surface area contributed by atoms with Crippen molar-refractivity contribution in [1.29, 1.82) is 0 Å². The fraction of sp³-hybridized carbons (Fsp3) is 0.571. The van der Waals surface area contributed by atoms with Crippen LogP contribution in [0.1, 0.15) is 94.3 Å². The van der Waals surface area contributed by atoms with E-state index in [1.807, 2.05) is 12.1 Å². The third kappa shape index (κ3) is 8.90. The van der Waals surface area contributed by atoms with Gasteiger partial charge in [0, 0.05) is 0 Å². The van der Waals surface area contributed by atoms with Gasteiger partial charge in [0.1, 0.15) is 0 Å². The maximum Gasteiger partial charge on any atom is 0.636 e. The Labute approximate surface area is 201 Å². The summed E-state index contributed by atoms with van der Waals surface area (Å²) in [5, 5.41) is 10.1. The zero-order chi connectivity index (χ0) is 23.1. The molecule has 1 saturated heterocycles. The first-order valence-corrected chi connectivity index (χ1v) is 13.1. The molecule has 0 bridgehead atoms. The van der Waals surface area contributed by atoms with Crippen molar-refractivity contribution in [3.8, 4) is 0 Å². The standard InChI is InChI=1S/C28H42BNO3/c1-2-3-4-5-6-7-8-9-10-17-22-30-27(25-18-13-11-14-19-25)23-32-29(31)33-24-28(30)26-20-15-12-16-21-26/h11-16,18-21,27-28,31H,2-10,17,22-24H2,1H3. The van der Waals surface area contributed by atoms with E-state index in [9.17, 15) is 5.02 Å². The van der Waals surface area contributed by atoms with Gasteiger partial charge in [0.15, 0.2) is 0 Å². The van der Waals surface area contributed by atoms with Crippen molar-refractivity contribution in [2.24, 2.45) is 0 Å². The molecule has 2 aromatic carbocycles.